The minimum Gasteiger partial charge on any atom is -0.421 e. The van der Waals surface area contributed by atoms with Gasteiger partial charge in [0.15, 0.2) is 0 Å². The zero-order valence-corrected chi connectivity index (χ0v) is 14.6. The summed E-state index contributed by atoms with van der Waals surface area (Å²) in [4.78, 5) is 12.7. The number of benzene rings is 2. The van der Waals surface area contributed by atoms with Crippen LogP contribution in [0.25, 0.3) is 11.5 Å². The standard InChI is InChI=1S/C20H21N3O2/c1-4-15-9-11-16(12-10-15)13(2)19(24)21-18-8-6-5-7-17(18)20-23-22-14(3)25-20/h5-13H,4H2,1-3H3,(H,21,24)/t13-/m0/s1. The number of para-hydroxylation sites is 1. The third-order valence-electron chi connectivity index (χ3n) is 4.22. The molecule has 128 valence electrons. The highest BCUT2D eigenvalue weighted by molar-refractivity contribution is 5.98. The van der Waals surface area contributed by atoms with E-state index in [4.69, 9.17) is 4.42 Å². The van der Waals surface area contributed by atoms with E-state index in [-0.39, 0.29) is 11.8 Å². The summed E-state index contributed by atoms with van der Waals surface area (Å²) >= 11 is 0. The molecule has 1 aromatic heterocycles. The maximum Gasteiger partial charge on any atom is 0.249 e. The molecular formula is C20H21N3O2. The number of carbonyl (C=O) groups excluding carboxylic acids is 1. The van der Waals surface area contributed by atoms with E-state index in [9.17, 15) is 4.79 Å². The van der Waals surface area contributed by atoms with Crippen molar-refractivity contribution in [2.75, 3.05) is 5.32 Å². The summed E-state index contributed by atoms with van der Waals surface area (Å²) in [7, 11) is 0. The molecule has 0 radical (unpaired) electrons. The molecule has 5 nitrogen and oxygen atoms in total. The monoisotopic (exact) mass is 335 g/mol. The van der Waals surface area contributed by atoms with Gasteiger partial charge in [-0.2, -0.15) is 0 Å². The topological polar surface area (TPSA) is 68.0 Å². The van der Waals surface area contributed by atoms with Gasteiger partial charge >= 0.3 is 0 Å². The number of aromatic nitrogens is 2. The molecule has 3 rings (SSSR count). The quantitative estimate of drug-likeness (QED) is 0.752. The van der Waals surface area contributed by atoms with Crippen molar-refractivity contribution in [3.63, 3.8) is 0 Å². The van der Waals surface area contributed by atoms with Gasteiger partial charge in [-0.05, 0) is 36.6 Å². The molecule has 1 heterocycles. The number of nitrogens with one attached hydrogen (secondary N) is 1. The Labute approximate surface area is 147 Å². The molecule has 0 aliphatic heterocycles. The Bertz CT molecular complexity index is 869. The number of nitrogens with zero attached hydrogens (tertiary/aromatic N) is 2. The zero-order valence-electron chi connectivity index (χ0n) is 14.6. The van der Waals surface area contributed by atoms with Crippen molar-refractivity contribution in [2.45, 2.75) is 33.1 Å². The van der Waals surface area contributed by atoms with Gasteiger partial charge in [0.05, 0.1) is 17.2 Å². The van der Waals surface area contributed by atoms with Crippen molar-refractivity contribution < 1.29 is 9.21 Å². The van der Waals surface area contributed by atoms with Crippen LogP contribution in [-0.4, -0.2) is 16.1 Å². The van der Waals surface area contributed by atoms with Crippen molar-refractivity contribution >= 4 is 11.6 Å². The van der Waals surface area contributed by atoms with Crippen LogP contribution in [0.5, 0.6) is 0 Å². The number of amides is 1. The van der Waals surface area contributed by atoms with Crippen LogP contribution >= 0.6 is 0 Å². The molecule has 0 saturated heterocycles. The zero-order chi connectivity index (χ0) is 17.8. The van der Waals surface area contributed by atoms with Crippen molar-refractivity contribution in [1.82, 2.24) is 10.2 Å². The number of anilines is 1. The van der Waals surface area contributed by atoms with E-state index >= 15 is 0 Å². The van der Waals surface area contributed by atoms with Gasteiger partial charge in [0.25, 0.3) is 0 Å². The molecular weight excluding hydrogens is 314 g/mol. The third-order valence-corrected chi connectivity index (χ3v) is 4.22. The number of rotatable bonds is 5. The van der Waals surface area contributed by atoms with Gasteiger partial charge in [-0.1, -0.05) is 43.3 Å². The lowest BCUT2D eigenvalue weighted by molar-refractivity contribution is -0.117. The molecule has 1 atom stereocenters. The highest BCUT2D eigenvalue weighted by Gasteiger charge is 2.18. The summed E-state index contributed by atoms with van der Waals surface area (Å²) in [6.45, 7) is 5.75. The van der Waals surface area contributed by atoms with Crippen molar-refractivity contribution in [2.24, 2.45) is 0 Å². The summed E-state index contributed by atoms with van der Waals surface area (Å²) in [5.74, 6) is 0.546. The Morgan fingerprint density at radius 2 is 1.84 bits per heavy atom. The summed E-state index contributed by atoms with van der Waals surface area (Å²) in [5, 5.41) is 10.9. The summed E-state index contributed by atoms with van der Waals surface area (Å²) in [6, 6.07) is 15.6. The largest absolute Gasteiger partial charge is 0.421 e. The summed E-state index contributed by atoms with van der Waals surface area (Å²) < 4.78 is 5.49. The smallest absolute Gasteiger partial charge is 0.249 e. The SMILES string of the molecule is CCc1ccc([C@H](C)C(=O)Nc2ccccc2-c2nnc(C)o2)cc1. The van der Waals surface area contributed by atoms with Crippen molar-refractivity contribution in [1.29, 1.82) is 0 Å². The second kappa shape index (κ2) is 7.30. The maximum atomic E-state index is 12.7. The van der Waals surface area contributed by atoms with Crippen molar-refractivity contribution in [3.8, 4) is 11.5 Å². The van der Waals surface area contributed by atoms with Gasteiger partial charge in [-0.15, -0.1) is 10.2 Å². The van der Waals surface area contributed by atoms with E-state index in [0.717, 1.165) is 12.0 Å². The number of hydrogen-bond donors (Lipinski definition) is 1. The number of aryl methyl sites for hydroxylation is 2. The molecule has 25 heavy (non-hydrogen) atoms. The van der Waals surface area contributed by atoms with E-state index < -0.39 is 0 Å². The predicted molar refractivity (Wildman–Crippen MR) is 97.3 cm³/mol. The second-order valence-corrected chi connectivity index (χ2v) is 5.98. The van der Waals surface area contributed by atoms with Crippen LogP contribution in [0.1, 0.15) is 36.8 Å². The lowest BCUT2D eigenvalue weighted by Crippen LogP contribution is -2.19. The lowest BCUT2D eigenvalue weighted by Gasteiger charge is -2.14. The Balaban J connectivity index is 1.81. The Kier molecular flexibility index (Phi) is 4.93. The molecule has 0 unspecified atom stereocenters. The number of carbonyl (C=O) groups is 1. The highest BCUT2D eigenvalue weighted by Crippen LogP contribution is 2.28. The van der Waals surface area contributed by atoms with Gasteiger partial charge in [0.2, 0.25) is 17.7 Å². The van der Waals surface area contributed by atoms with Crippen LogP contribution in [0.4, 0.5) is 5.69 Å². The first-order valence-corrected chi connectivity index (χ1v) is 8.37. The molecule has 0 aliphatic carbocycles. The molecule has 1 amide bonds. The molecule has 0 saturated carbocycles. The first kappa shape index (κ1) is 16.9. The van der Waals surface area contributed by atoms with Gasteiger partial charge < -0.3 is 9.73 Å². The van der Waals surface area contributed by atoms with Crippen LogP contribution in [0, 0.1) is 6.92 Å². The summed E-state index contributed by atoms with van der Waals surface area (Å²) in [5.41, 5.74) is 3.62. The van der Waals surface area contributed by atoms with Crippen molar-refractivity contribution in [3.05, 3.63) is 65.5 Å². The molecule has 1 N–H and O–H groups in total. The Hall–Kier alpha value is -2.95. The molecule has 0 aliphatic rings. The van der Waals surface area contributed by atoms with Gasteiger partial charge in [-0.25, -0.2) is 0 Å². The van der Waals surface area contributed by atoms with Crippen LogP contribution < -0.4 is 5.32 Å². The van der Waals surface area contributed by atoms with Gasteiger partial charge in [-0.3, -0.25) is 4.79 Å². The highest BCUT2D eigenvalue weighted by atomic mass is 16.4. The minimum atomic E-state index is -0.261. The molecule has 3 aromatic rings. The minimum absolute atomic E-state index is 0.0760. The van der Waals surface area contributed by atoms with E-state index in [1.807, 2.05) is 43.3 Å². The van der Waals surface area contributed by atoms with Crippen LogP contribution in [0.2, 0.25) is 0 Å². The molecule has 2 aromatic carbocycles. The second-order valence-electron chi connectivity index (χ2n) is 5.98. The third kappa shape index (κ3) is 3.76. The van der Waals surface area contributed by atoms with E-state index in [0.29, 0.717) is 23.0 Å². The molecule has 5 heteroatoms. The van der Waals surface area contributed by atoms with E-state index in [1.54, 1.807) is 6.92 Å². The predicted octanol–water partition coefficient (Wildman–Crippen LogP) is 4.35. The average Bonchev–Trinajstić information content (AvgIpc) is 3.07. The Morgan fingerprint density at radius 3 is 2.48 bits per heavy atom. The average molecular weight is 335 g/mol. The van der Waals surface area contributed by atoms with E-state index in [1.165, 1.54) is 5.56 Å². The molecule has 0 spiro atoms. The molecule has 0 bridgehead atoms. The number of hydrogen-bond acceptors (Lipinski definition) is 4. The summed E-state index contributed by atoms with van der Waals surface area (Å²) in [6.07, 6.45) is 0.984. The first-order valence-electron chi connectivity index (χ1n) is 8.37. The van der Waals surface area contributed by atoms with Gasteiger partial charge in [0, 0.05) is 6.92 Å². The van der Waals surface area contributed by atoms with E-state index in [2.05, 4.69) is 34.6 Å². The molecule has 0 fully saturated rings. The normalized spacial score (nSPS) is 12.0. The first-order chi connectivity index (χ1) is 12.1. The van der Waals surface area contributed by atoms with Crippen LogP contribution in [0.3, 0.4) is 0 Å². The fraction of sp³-hybridized carbons (Fsp3) is 0.250. The van der Waals surface area contributed by atoms with Crippen LogP contribution in [0.15, 0.2) is 52.9 Å². The lowest BCUT2D eigenvalue weighted by atomic mass is 9.98. The fourth-order valence-corrected chi connectivity index (χ4v) is 2.62. The Morgan fingerprint density at radius 1 is 1.12 bits per heavy atom. The van der Waals surface area contributed by atoms with Gasteiger partial charge in [0.1, 0.15) is 0 Å². The maximum absolute atomic E-state index is 12.7. The van der Waals surface area contributed by atoms with Crippen LogP contribution in [-0.2, 0) is 11.2 Å². The fourth-order valence-electron chi connectivity index (χ4n) is 2.62.